The first-order chi connectivity index (χ1) is 8.76. The van der Waals surface area contributed by atoms with Crippen LogP contribution in [0.1, 0.15) is 60.1 Å². The summed E-state index contributed by atoms with van der Waals surface area (Å²) in [6, 6.07) is 2.00. The van der Waals surface area contributed by atoms with Crippen molar-refractivity contribution < 1.29 is 4.74 Å². The summed E-state index contributed by atoms with van der Waals surface area (Å²) in [5.74, 6) is 0. The predicted octanol–water partition coefficient (Wildman–Crippen LogP) is 4.70. The van der Waals surface area contributed by atoms with Gasteiger partial charge in [0.25, 0.3) is 0 Å². The van der Waals surface area contributed by atoms with E-state index in [1.54, 1.807) is 7.11 Å². The van der Waals surface area contributed by atoms with Gasteiger partial charge in [-0.3, -0.25) is 4.68 Å². The molecule has 18 heavy (non-hydrogen) atoms. The Morgan fingerprint density at radius 3 is 1.89 bits per heavy atom. The maximum absolute atomic E-state index is 4.78. The molecule has 0 aliphatic rings. The van der Waals surface area contributed by atoms with Gasteiger partial charge in [0.05, 0.1) is 0 Å². The van der Waals surface area contributed by atoms with Gasteiger partial charge in [-0.1, -0.05) is 41.0 Å². The first kappa shape index (κ1) is 22.4. The second-order valence-corrected chi connectivity index (χ2v) is 3.13. The summed E-state index contributed by atoms with van der Waals surface area (Å²) >= 11 is 0. The van der Waals surface area contributed by atoms with Gasteiger partial charge in [-0.25, -0.2) is 0 Å². The Morgan fingerprint density at radius 2 is 1.72 bits per heavy atom. The van der Waals surface area contributed by atoms with E-state index in [0.717, 1.165) is 13.2 Å². The molecule has 0 aliphatic carbocycles. The minimum Gasteiger partial charge on any atom is -0.385 e. The third kappa shape index (κ3) is 15.2. The highest BCUT2D eigenvalue weighted by Crippen LogP contribution is 1.93. The van der Waals surface area contributed by atoms with Gasteiger partial charge in [-0.15, -0.1) is 0 Å². The van der Waals surface area contributed by atoms with Crippen LogP contribution in [-0.2, 0) is 11.3 Å². The van der Waals surface area contributed by atoms with E-state index >= 15 is 0 Å². The highest BCUT2D eigenvalue weighted by molar-refractivity contribution is 4.95. The smallest absolute Gasteiger partial charge is 0.0492 e. The number of aromatic nitrogens is 2. The van der Waals surface area contributed by atoms with Crippen LogP contribution in [-0.4, -0.2) is 23.5 Å². The molecule has 0 spiro atoms. The SMILES string of the molecule is CC.CC.CCCCOC.CCn1nccc1C. The van der Waals surface area contributed by atoms with E-state index in [9.17, 15) is 0 Å². The van der Waals surface area contributed by atoms with Gasteiger partial charge in [0, 0.05) is 32.2 Å². The fourth-order valence-corrected chi connectivity index (χ4v) is 1.02. The van der Waals surface area contributed by atoms with Crippen LogP contribution in [0.2, 0.25) is 0 Å². The molecule has 0 amide bonds. The third-order valence-electron chi connectivity index (χ3n) is 1.93. The molecule has 0 aromatic carbocycles. The van der Waals surface area contributed by atoms with Crippen LogP contribution in [0.4, 0.5) is 0 Å². The van der Waals surface area contributed by atoms with Crippen LogP contribution >= 0.6 is 0 Å². The van der Waals surface area contributed by atoms with E-state index in [2.05, 4.69) is 25.9 Å². The lowest BCUT2D eigenvalue weighted by molar-refractivity contribution is 0.194. The zero-order valence-corrected chi connectivity index (χ0v) is 13.8. The molecule has 0 N–H and O–H groups in total. The number of unbranched alkanes of at least 4 members (excludes halogenated alkanes) is 1. The minimum absolute atomic E-state index is 0.913. The van der Waals surface area contributed by atoms with Crippen molar-refractivity contribution in [2.24, 2.45) is 0 Å². The number of ether oxygens (including phenoxy) is 1. The van der Waals surface area contributed by atoms with Crippen LogP contribution < -0.4 is 0 Å². The molecule has 0 radical (unpaired) electrons. The topological polar surface area (TPSA) is 27.1 Å². The van der Waals surface area contributed by atoms with Crippen molar-refractivity contribution in [1.29, 1.82) is 0 Å². The second-order valence-electron chi connectivity index (χ2n) is 3.13. The summed E-state index contributed by atoms with van der Waals surface area (Å²) in [7, 11) is 1.73. The molecule has 3 heteroatoms. The number of rotatable bonds is 4. The Hall–Kier alpha value is -0.830. The summed E-state index contributed by atoms with van der Waals surface area (Å²) in [6.45, 7) is 16.2. The number of nitrogens with zero attached hydrogens (tertiary/aromatic N) is 2. The van der Waals surface area contributed by atoms with Crippen molar-refractivity contribution in [3.05, 3.63) is 18.0 Å². The van der Waals surface area contributed by atoms with Crippen molar-refractivity contribution in [3.63, 3.8) is 0 Å². The molecule has 0 bridgehead atoms. The molecule has 1 rings (SSSR count). The van der Waals surface area contributed by atoms with E-state index in [4.69, 9.17) is 4.74 Å². The predicted molar refractivity (Wildman–Crippen MR) is 82.1 cm³/mol. The zero-order valence-electron chi connectivity index (χ0n) is 13.8. The van der Waals surface area contributed by atoms with Gasteiger partial charge < -0.3 is 4.74 Å². The van der Waals surface area contributed by atoms with Crippen molar-refractivity contribution in [2.75, 3.05) is 13.7 Å². The first-order valence-corrected chi connectivity index (χ1v) is 7.23. The zero-order chi connectivity index (χ0) is 14.8. The van der Waals surface area contributed by atoms with Gasteiger partial charge in [0.2, 0.25) is 0 Å². The lowest BCUT2D eigenvalue weighted by Crippen LogP contribution is -1.97. The van der Waals surface area contributed by atoms with Crippen molar-refractivity contribution >= 4 is 0 Å². The van der Waals surface area contributed by atoms with Crippen LogP contribution in [0.25, 0.3) is 0 Å². The lowest BCUT2D eigenvalue weighted by atomic mass is 10.4. The average Bonchev–Trinajstić information content (AvgIpc) is 2.87. The quantitative estimate of drug-likeness (QED) is 0.732. The standard InChI is InChI=1S/C6H10N2.C5H12O.2C2H6/c1-3-8-6(2)4-5-7-8;1-3-4-5-6-2;2*1-2/h4-5H,3H2,1-2H3;3-5H2,1-2H3;2*1-2H3. The lowest BCUT2D eigenvalue weighted by Gasteiger charge is -1.94. The minimum atomic E-state index is 0.913. The van der Waals surface area contributed by atoms with Crippen molar-refractivity contribution in [2.45, 2.75) is 67.9 Å². The van der Waals surface area contributed by atoms with E-state index in [-0.39, 0.29) is 0 Å². The summed E-state index contributed by atoms with van der Waals surface area (Å²) in [4.78, 5) is 0. The maximum atomic E-state index is 4.78. The van der Waals surface area contributed by atoms with Gasteiger partial charge in [0.1, 0.15) is 0 Å². The Balaban J connectivity index is -0.000000201. The first-order valence-electron chi connectivity index (χ1n) is 7.23. The molecule has 1 aromatic rings. The van der Waals surface area contributed by atoms with E-state index < -0.39 is 0 Å². The van der Waals surface area contributed by atoms with Gasteiger partial charge in [-0.05, 0) is 26.3 Å². The normalized spacial score (nSPS) is 8.00. The van der Waals surface area contributed by atoms with E-state index in [1.165, 1.54) is 18.5 Å². The fraction of sp³-hybridized carbons (Fsp3) is 0.800. The molecule has 0 atom stereocenters. The number of aryl methyl sites for hydroxylation is 2. The number of methoxy groups -OCH3 is 1. The fourth-order valence-electron chi connectivity index (χ4n) is 1.02. The van der Waals surface area contributed by atoms with Crippen LogP contribution in [0.5, 0.6) is 0 Å². The van der Waals surface area contributed by atoms with Crippen LogP contribution in [0, 0.1) is 6.92 Å². The highest BCUT2D eigenvalue weighted by Gasteiger charge is 1.88. The van der Waals surface area contributed by atoms with Gasteiger partial charge >= 0.3 is 0 Å². The molecule has 110 valence electrons. The highest BCUT2D eigenvalue weighted by atomic mass is 16.5. The van der Waals surface area contributed by atoms with Gasteiger partial charge in [-0.2, -0.15) is 5.10 Å². The molecule has 0 saturated carbocycles. The summed E-state index contributed by atoms with van der Waals surface area (Å²) < 4.78 is 6.74. The molecule has 1 heterocycles. The molecular weight excluding hydrogens is 224 g/mol. The molecule has 1 aromatic heterocycles. The van der Waals surface area contributed by atoms with Gasteiger partial charge in [0.15, 0.2) is 0 Å². The summed E-state index contributed by atoms with van der Waals surface area (Å²) in [5.41, 5.74) is 1.23. The molecule has 0 saturated heterocycles. The third-order valence-corrected chi connectivity index (χ3v) is 1.93. The largest absolute Gasteiger partial charge is 0.385 e. The van der Waals surface area contributed by atoms with Crippen LogP contribution in [0.3, 0.4) is 0 Å². The molecule has 3 nitrogen and oxygen atoms in total. The molecule has 0 unspecified atom stereocenters. The number of hydrogen-bond donors (Lipinski definition) is 0. The Kier molecular flexibility index (Phi) is 26.6. The van der Waals surface area contributed by atoms with E-state index in [1.807, 2.05) is 44.6 Å². The second kappa shape index (κ2) is 21.5. The summed E-state index contributed by atoms with van der Waals surface area (Å²) in [5, 5.41) is 4.05. The van der Waals surface area contributed by atoms with E-state index in [0.29, 0.717) is 0 Å². The molecule has 0 aliphatic heterocycles. The Morgan fingerprint density at radius 1 is 1.17 bits per heavy atom. The van der Waals surface area contributed by atoms with Crippen LogP contribution in [0.15, 0.2) is 12.3 Å². The maximum Gasteiger partial charge on any atom is 0.0492 e. The number of hydrogen-bond acceptors (Lipinski definition) is 2. The van der Waals surface area contributed by atoms with Crippen molar-refractivity contribution in [3.8, 4) is 0 Å². The molecule has 0 fully saturated rings. The average molecular weight is 258 g/mol. The monoisotopic (exact) mass is 258 g/mol. The van der Waals surface area contributed by atoms with Crippen molar-refractivity contribution in [1.82, 2.24) is 9.78 Å². The summed E-state index contributed by atoms with van der Waals surface area (Å²) in [6.07, 6.45) is 4.24. The Labute approximate surface area is 115 Å². The molecular formula is C15H34N2O. The Bertz CT molecular complexity index is 218.